The lowest BCUT2D eigenvalue weighted by Crippen LogP contribution is -2.08. The summed E-state index contributed by atoms with van der Waals surface area (Å²) in [5.41, 5.74) is 3.90. The second-order valence-corrected chi connectivity index (χ2v) is 5.53. The van der Waals surface area contributed by atoms with Crippen LogP contribution in [0.2, 0.25) is 0 Å². The Morgan fingerprint density at radius 3 is 2.59 bits per heavy atom. The maximum atomic E-state index is 4.09. The van der Waals surface area contributed by atoms with E-state index < -0.39 is 0 Å². The zero-order valence-electron chi connectivity index (χ0n) is 10.6. The molecule has 1 N–H and O–H groups in total. The summed E-state index contributed by atoms with van der Waals surface area (Å²) < 4.78 is 0. The van der Waals surface area contributed by atoms with E-state index in [1.807, 2.05) is 6.92 Å². The van der Waals surface area contributed by atoms with E-state index in [4.69, 9.17) is 0 Å². The standard InChI is InChI=1S/C13H17N3S/c1-8-5-6-9(2)12(7-8)10(3)14-13-16-15-11(4)17-13/h5-7,10H,1-4H3,(H,14,16). The van der Waals surface area contributed by atoms with Gasteiger partial charge in [0.25, 0.3) is 0 Å². The summed E-state index contributed by atoms with van der Waals surface area (Å²) in [6, 6.07) is 6.78. The molecule has 4 heteroatoms. The van der Waals surface area contributed by atoms with Crippen LogP contribution in [-0.4, -0.2) is 10.2 Å². The minimum Gasteiger partial charge on any atom is -0.354 e. The van der Waals surface area contributed by atoms with Gasteiger partial charge in [0.15, 0.2) is 0 Å². The number of hydrogen-bond acceptors (Lipinski definition) is 4. The van der Waals surface area contributed by atoms with Gasteiger partial charge >= 0.3 is 0 Å². The van der Waals surface area contributed by atoms with Gasteiger partial charge in [0.05, 0.1) is 6.04 Å². The van der Waals surface area contributed by atoms with Crippen molar-refractivity contribution >= 4 is 16.5 Å². The number of benzene rings is 1. The number of aromatic nitrogens is 2. The molecule has 0 spiro atoms. The molecule has 0 bridgehead atoms. The molecular weight excluding hydrogens is 230 g/mol. The SMILES string of the molecule is Cc1ccc(C)c(C(C)Nc2nnc(C)s2)c1. The van der Waals surface area contributed by atoms with Gasteiger partial charge in [-0.1, -0.05) is 35.1 Å². The summed E-state index contributed by atoms with van der Waals surface area (Å²) in [4.78, 5) is 0. The Hall–Kier alpha value is -1.42. The largest absolute Gasteiger partial charge is 0.354 e. The first-order chi connectivity index (χ1) is 8.06. The van der Waals surface area contributed by atoms with Crippen molar-refractivity contribution in [2.45, 2.75) is 33.7 Å². The van der Waals surface area contributed by atoms with Crippen LogP contribution in [0.1, 0.15) is 34.7 Å². The lowest BCUT2D eigenvalue weighted by Gasteiger charge is -2.16. The fraction of sp³-hybridized carbons (Fsp3) is 0.385. The molecule has 3 nitrogen and oxygen atoms in total. The van der Waals surface area contributed by atoms with Crippen LogP contribution in [0, 0.1) is 20.8 Å². The van der Waals surface area contributed by atoms with E-state index >= 15 is 0 Å². The van der Waals surface area contributed by atoms with Crippen LogP contribution in [0.5, 0.6) is 0 Å². The molecule has 1 unspecified atom stereocenters. The highest BCUT2D eigenvalue weighted by atomic mass is 32.1. The molecule has 0 saturated heterocycles. The monoisotopic (exact) mass is 247 g/mol. The molecule has 2 aromatic rings. The second kappa shape index (κ2) is 4.84. The maximum absolute atomic E-state index is 4.09. The minimum atomic E-state index is 0.252. The van der Waals surface area contributed by atoms with E-state index in [1.54, 1.807) is 11.3 Å². The van der Waals surface area contributed by atoms with E-state index in [2.05, 4.69) is 54.5 Å². The van der Waals surface area contributed by atoms with Crippen LogP contribution in [0.4, 0.5) is 5.13 Å². The summed E-state index contributed by atoms with van der Waals surface area (Å²) in [5.74, 6) is 0. The Morgan fingerprint density at radius 1 is 1.18 bits per heavy atom. The van der Waals surface area contributed by atoms with Crippen LogP contribution in [0.15, 0.2) is 18.2 Å². The van der Waals surface area contributed by atoms with Crippen molar-refractivity contribution in [3.05, 3.63) is 39.9 Å². The zero-order valence-corrected chi connectivity index (χ0v) is 11.4. The lowest BCUT2D eigenvalue weighted by molar-refractivity contribution is 0.861. The number of anilines is 1. The van der Waals surface area contributed by atoms with Crippen molar-refractivity contribution in [1.82, 2.24) is 10.2 Å². The average Bonchev–Trinajstić information content (AvgIpc) is 2.67. The first-order valence-corrected chi connectivity index (χ1v) is 6.51. The molecule has 0 aliphatic rings. The van der Waals surface area contributed by atoms with Crippen molar-refractivity contribution in [1.29, 1.82) is 0 Å². The Labute approximate surface area is 106 Å². The molecule has 1 heterocycles. The number of hydrogen-bond donors (Lipinski definition) is 1. The van der Waals surface area contributed by atoms with Crippen LogP contribution in [0.25, 0.3) is 0 Å². The second-order valence-electron chi connectivity index (χ2n) is 4.35. The van der Waals surface area contributed by atoms with E-state index in [0.717, 1.165) is 10.1 Å². The molecule has 0 aliphatic heterocycles. The smallest absolute Gasteiger partial charge is 0.206 e. The predicted octanol–water partition coefficient (Wildman–Crippen LogP) is 3.64. The van der Waals surface area contributed by atoms with Gasteiger partial charge < -0.3 is 5.32 Å². The molecule has 17 heavy (non-hydrogen) atoms. The summed E-state index contributed by atoms with van der Waals surface area (Å²) >= 11 is 1.59. The molecule has 0 saturated carbocycles. The molecule has 1 aromatic carbocycles. The van der Waals surface area contributed by atoms with Crippen molar-refractivity contribution in [3.63, 3.8) is 0 Å². The van der Waals surface area contributed by atoms with Gasteiger partial charge in [0.2, 0.25) is 5.13 Å². The van der Waals surface area contributed by atoms with Gasteiger partial charge in [-0.2, -0.15) is 0 Å². The first kappa shape index (κ1) is 12.0. The van der Waals surface area contributed by atoms with E-state index in [9.17, 15) is 0 Å². The third-order valence-corrected chi connectivity index (χ3v) is 3.54. The summed E-state index contributed by atoms with van der Waals surface area (Å²) in [6.07, 6.45) is 0. The first-order valence-electron chi connectivity index (χ1n) is 5.70. The van der Waals surface area contributed by atoms with Crippen LogP contribution in [0.3, 0.4) is 0 Å². The molecular formula is C13H17N3S. The van der Waals surface area contributed by atoms with Gasteiger partial charge in [0.1, 0.15) is 5.01 Å². The normalized spacial score (nSPS) is 12.5. The molecule has 0 aliphatic carbocycles. The fourth-order valence-electron chi connectivity index (χ4n) is 1.84. The predicted molar refractivity (Wildman–Crippen MR) is 72.6 cm³/mol. The third kappa shape index (κ3) is 2.82. The average molecular weight is 247 g/mol. The van der Waals surface area contributed by atoms with Crippen molar-refractivity contribution in [3.8, 4) is 0 Å². The molecule has 90 valence electrons. The summed E-state index contributed by atoms with van der Waals surface area (Å²) in [5, 5.41) is 13.4. The zero-order chi connectivity index (χ0) is 12.4. The Morgan fingerprint density at radius 2 is 1.94 bits per heavy atom. The van der Waals surface area contributed by atoms with Crippen molar-refractivity contribution in [2.75, 3.05) is 5.32 Å². The van der Waals surface area contributed by atoms with Crippen LogP contribution < -0.4 is 5.32 Å². The molecule has 2 rings (SSSR count). The Bertz CT molecular complexity index is 519. The third-order valence-electron chi connectivity index (χ3n) is 2.77. The minimum absolute atomic E-state index is 0.252. The van der Waals surface area contributed by atoms with Gasteiger partial charge in [0, 0.05) is 0 Å². The number of rotatable bonds is 3. The molecule has 1 atom stereocenters. The highest BCUT2D eigenvalue weighted by Gasteiger charge is 2.10. The fourth-order valence-corrected chi connectivity index (χ4v) is 2.52. The topological polar surface area (TPSA) is 37.8 Å². The summed E-state index contributed by atoms with van der Waals surface area (Å²) in [6.45, 7) is 8.37. The van der Waals surface area contributed by atoms with Gasteiger partial charge in [-0.05, 0) is 38.8 Å². The Kier molecular flexibility index (Phi) is 3.43. The molecule has 0 amide bonds. The van der Waals surface area contributed by atoms with Crippen molar-refractivity contribution < 1.29 is 0 Å². The highest BCUT2D eigenvalue weighted by molar-refractivity contribution is 7.15. The van der Waals surface area contributed by atoms with Crippen LogP contribution in [-0.2, 0) is 0 Å². The van der Waals surface area contributed by atoms with Gasteiger partial charge in [-0.15, -0.1) is 10.2 Å². The van der Waals surface area contributed by atoms with E-state index in [0.29, 0.717) is 0 Å². The summed E-state index contributed by atoms with van der Waals surface area (Å²) in [7, 11) is 0. The van der Waals surface area contributed by atoms with Crippen molar-refractivity contribution in [2.24, 2.45) is 0 Å². The Balaban J connectivity index is 2.19. The van der Waals surface area contributed by atoms with E-state index in [-0.39, 0.29) is 6.04 Å². The maximum Gasteiger partial charge on any atom is 0.206 e. The molecule has 0 radical (unpaired) electrons. The van der Waals surface area contributed by atoms with Gasteiger partial charge in [-0.3, -0.25) is 0 Å². The van der Waals surface area contributed by atoms with Gasteiger partial charge in [-0.25, -0.2) is 0 Å². The highest BCUT2D eigenvalue weighted by Crippen LogP contribution is 2.24. The number of nitrogens with zero attached hydrogens (tertiary/aromatic N) is 2. The molecule has 1 aromatic heterocycles. The van der Waals surface area contributed by atoms with E-state index in [1.165, 1.54) is 16.7 Å². The van der Waals surface area contributed by atoms with Crippen LogP contribution >= 0.6 is 11.3 Å². The lowest BCUT2D eigenvalue weighted by atomic mass is 10.0. The number of nitrogens with one attached hydrogen (secondary N) is 1. The molecule has 0 fully saturated rings. The number of aryl methyl sites for hydroxylation is 3. The quantitative estimate of drug-likeness (QED) is 0.900.